The minimum atomic E-state index is -0.246. The van der Waals surface area contributed by atoms with Gasteiger partial charge in [0, 0.05) is 30.5 Å². The minimum Gasteiger partial charge on any atom is -0.399 e. The number of hydrogen-bond donors (Lipinski definition) is 2. The number of nitrogens with one attached hydrogen (secondary N) is 1. The molecule has 1 aromatic carbocycles. The molecule has 0 aliphatic carbocycles. The summed E-state index contributed by atoms with van der Waals surface area (Å²) < 4.78 is 0. The molecule has 0 radical (unpaired) electrons. The summed E-state index contributed by atoms with van der Waals surface area (Å²) in [4.78, 5) is 34.0. The lowest BCUT2D eigenvalue weighted by Crippen LogP contribution is -2.23. The fourth-order valence-corrected chi connectivity index (χ4v) is 2.05. The second-order valence-electron chi connectivity index (χ2n) is 3.93. The van der Waals surface area contributed by atoms with Crippen LogP contribution in [-0.2, 0) is 9.59 Å². The van der Waals surface area contributed by atoms with Gasteiger partial charge in [-0.15, -0.1) is 0 Å². The highest BCUT2D eigenvalue weighted by molar-refractivity contribution is 8.13. The highest BCUT2D eigenvalue weighted by Crippen LogP contribution is 2.12. The molecule has 0 atom stereocenters. The number of hydrogen-bond acceptors (Lipinski definition) is 5. The SMILES string of the molecule is CC(=O)NCCSC(=O)CC(=O)c1cccc(N)c1. The van der Waals surface area contributed by atoms with Crippen molar-refractivity contribution in [2.75, 3.05) is 18.0 Å². The Morgan fingerprint density at radius 3 is 2.68 bits per heavy atom. The van der Waals surface area contributed by atoms with Crippen LogP contribution < -0.4 is 11.1 Å². The fraction of sp³-hybridized carbons (Fsp3) is 0.308. The van der Waals surface area contributed by atoms with E-state index >= 15 is 0 Å². The van der Waals surface area contributed by atoms with Gasteiger partial charge in [-0.05, 0) is 12.1 Å². The molecule has 0 aliphatic heterocycles. The molecule has 1 rings (SSSR count). The van der Waals surface area contributed by atoms with E-state index in [4.69, 9.17) is 5.73 Å². The van der Waals surface area contributed by atoms with Gasteiger partial charge < -0.3 is 11.1 Å². The molecule has 1 amide bonds. The van der Waals surface area contributed by atoms with Gasteiger partial charge in [0.2, 0.25) is 5.91 Å². The zero-order valence-corrected chi connectivity index (χ0v) is 11.5. The highest BCUT2D eigenvalue weighted by Gasteiger charge is 2.12. The second kappa shape index (κ2) is 7.58. The van der Waals surface area contributed by atoms with Crippen molar-refractivity contribution in [1.82, 2.24) is 5.32 Å². The van der Waals surface area contributed by atoms with Crippen molar-refractivity contribution in [2.45, 2.75) is 13.3 Å². The first-order valence-electron chi connectivity index (χ1n) is 5.78. The Hall–Kier alpha value is -1.82. The maximum atomic E-state index is 11.8. The quantitative estimate of drug-likeness (QED) is 0.354. The monoisotopic (exact) mass is 280 g/mol. The van der Waals surface area contributed by atoms with Crippen LogP contribution in [0.2, 0.25) is 0 Å². The summed E-state index contributed by atoms with van der Waals surface area (Å²) >= 11 is 1.04. The molecule has 5 nitrogen and oxygen atoms in total. The van der Waals surface area contributed by atoms with Crippen LogP contribution in [0, 0.1) is 0 Å². The molecular formula is C13H16N2O3S. The molecule has 0 heterocycles. The molecule has 0 unspecified atom stereocenters. The molecule has 19 heavy (non-hydrogen) atoms. The van der Waals surface area contributed by atoms with Crippen molar-refractivity contribution in [1.29, 1.82) is 0 Å². The summed E-state index contributed by atoms with van der Waals surface area (Å²) in [5, 5.41) is 2.37. The third kappa shape index (κ3) is 6.05. The van der Waals surface area contributed by atoms with Crippen LogP contribution in [0.1, 0.15) is 23.7 Å². The molecule has 0 spiro atoms. The number of rotatable bonds is 6. The van der Waals surface area contributed by atoms with Crippen molar-refractivity contribution < 1.29 is 14.4 Å². The number of nitrogens with two attached hydrogens (primary N) is 1. The Balaban J connectivity index is 2.36. The van der Waals surface area contributed by atoms with Gasteiger partial charge >= 0.3 is 0 Å². The van der Waals surface area contributed by atoms with E-state index in [0.717, 1.165) is 11.8 Å². The molecule has 0 aliphatic rings. The first-order valence-corrected chi connectivity index (χ1v) is 6.76. The van der Waals surface area contributed by atoms with Crippen molar-refractivity contribution >= 4 is 34.3 Å². The van der Waals surface area contributed by atoms with E-state index in [0.29, 0.717) is 23.5 Å². The normalized spacial score (nSPS) is 9.95. The van der Waals surface area contributed by atoms with Gasteiger partial charge in [0.25, 0.3) is 0 Å². The first kappa shape index (κ1) is 15.2. The van der Waals surface area contributed by atoms with Gasteiger partial charge in [-0.1, -0.05) is 23.9 Å². The van der Waals surface area contributed by atoms with E-state index in [-0.39, 0.29) is 23.2 Å². The summed E-state index contributed by atoms with van der Waals surface area (Å²) in [6.45, 7) is 1.83. The molecule has 1 aromatic rings. The van der Waals surface area contributed by atoms with Crippen LogP contribution in [0.4, 0.5) is 5.69 Å². The van der Waals surface area contributed by atoms with Gasteiger partial charge in [-0.3, -0.25) is 14.4 Å². The van der Waals surface area contributed by atoms with Crippen molar-refractivity contribution in [3.8, 4) is 0 Å². The lowest BCUT2D eigenvalue weighted by molar-refractivity contribution is -0.118. The number of thioether (sulfide) groups is 1. The molecule has 102 valence electrons. The van der Waals surface area contributed by atoms with E-state index in [1.165, 1.54) is 6.92 Å². The average molecular weight is 280 g/mol. The lowest BCUT2D eigenvalue weighted by Gasteiger charge is -2.03. The van der Waals surface area contributed by atoms with Crippen LogP contribution in [0.5, 0.6) is 0 Å². The molecular weight excluding hydrogens is 264 g/mol. The van der Waals surface area contributed by atoms with Gasteiger partial charge in [-0.25, -0.2) is 0 Å². The fourth-order valence-electron chi connectivity index (χ4n) is 1.39. The van der Waals surface area contributed by atoms with Crippen LogP contribution in [0.15, 0.2) is 24.3 Å². The number of amides is 1. The molecule has 0 bridgehead atoms. The Morgan fingerprint density at radius 1 is 1.32 bits per heavy atom. The predicted octanol–water partition coefficient (Wildman–Crippen LogP) is 1.24. The summed E-state index contributed by atoms with van der Waals surface area (Å²) in [6.07, 6.45) is -0.159. The maximum absolute atomic E-state index is 11.8. The third-order valence-corrected chi connectivity index (χ3v) is 3.13. The van der Waals surface area contributed by atoms with E-state index < -0.39 is 0 Å². The predicted molar refractivity (Wildman–Crippen MR) is 76.0 cm³/mol. The molecule has 0 saturated carbocycles. The number of carbonyl (C=O) groups excluding carboxylic acids is 3. The van der Waals surface area contributed by atoms with E-state index in [1.807, 2.05) is 0 Å². The molecule has 6 heteroatoms. The molecule has 0 saturated heterocycles. The van der Waals surface area contributed by atoms with Crippen LogP contribution in [-0.4, -0.2) is 29.1 Å². The standard InChI is InChI=1S/C13H16N2O3S/c1-9(16)15-5-6-19-13(18)8-12(17)10-3-2-4-11(14)7-10/h2-4,7H,5-6,8,14H2,1H3,(H,15,16). The van der Waals surface area contributed by atoms with Gasteiger partial charge in [0.1, 0.15) is 0 Å². The van der Waals surface area contributed by atoms with Crippen molar-refractivity contribution in [3.05, 3.63) is 29.8 Å². The van der Waals surface area contributed by atoms with Gasteiger partial charge in [0.15, 0.2) is 10.9 Å². The molecule has 0 fully saturated rings. The Bertz CT molecular complexity index is 489. The zero-order chi connectivity index (χ0) is 14.3. The smallest absolute Gasteiger partial charge is 0.216 e. The Labute approximate surface area is 115 Å². The molecule has 3 N–H and O–H groups in total. The number of Topliss-reactive ketones (excluding diaryl/α,β-unsaturated/α-hetero) is 1. The minimum absolute atomic E-state index is 0.135. The van der Waals surface area contributed by atoms with E-state index in [1.54, 1.807) is 24.3 Å². The van der Waals surface area contributed by atoms with Crippen molar-refractivity contribution in [2.24, 2.45) is 0 Å². The number of ketones is 1. The number of anilines is 1. The largest absolute Gasteiger partial charge is 0.399 e. The van der Waals surface area contributed by atoms with E-state index in [2.05, 4.69) is 5.32 Å². The second-order valence-corrected chi connectivity index (χ2v) is 5.08. The summed E-state index contributed by atoms with van der Waals surface area (Å²) in [5.41, 5.74) is 6.51. The summed E-state index contributed by atoms with van der Waals surface area (Å²) in [5.74, 6) is 0.0797. The zero-order valence-electron chi connectivity index (χ0n) is 10.6. The summed E-state index contributed by atoms with van der Waals surface area (Å²) in [6, 6.07) is 6.54. The van der Waals surface area contributed by atoms with Crippen LogP contribution in [0.25, 0.3) is 0 Å². The number of benzene rings is 1. The first-order chi connectivity index (χ1) is 8.99. The topological polar surface area (TPSA) is 89.3 Å². The van der Waals surface area contributed by atoms with Crippen molar-refractivity contribution in [3.63, 3.8) is 0 Å². The highest BCUT2D eigenvalue weighted by atomic mass is 32.2. The maximum Gasteiger partial charge on any atom is 0.216 e. The van der Waals surface area contributed by atoms with Crippen LogP contribution >= 0.6 is 11.8 Å². The van der Waals surface area contributed by atoms with Gasteiger partial charge in [0.05, 0.1) is 6.42 Å². The average Bonchev–Trinajstić information content (AvgIpc) is 2.34. The third-order valence-electron chi connectivity index (χ3n) is 2.25. The number of nitrogen functional groups attached to an aromatic ring is 1. The Morgan fingerprint density at radius 2 is 2.05 bits per heavy atom. The van der Waals surface area contributed by atoms with E-state index in [9.17, 15) is 14.4 Å². The molecule has 0 aromatic heterocycles. The Kier molecular flexibility index (Phi) is 6.08. The van der Waals surface area contributed by atoms with Gasteiger partial charge in [-0.2, -0.15) is 0 Å². The number of carbonyl (C=O) groups is 3. The lowest BCUT2D eigenvalue weighted by atomic mass is 10.1. The van der Waals surface area contributed by atoms with Crippen LogP contribution in [0.3, 0.4) is 0 Å². The summed E-state index contributed by atoms with van der Waals surface area (Å²) in [7, 11) is 0.